The SMILES string of the molecule is Cn1cnc2no[n+]([O-])c2c1=O. The van der Waals surface area contributed by atoms with Gasteiger partial charge in [-0.3, -0.25) is 14.0 Å². The second-order valence-electron chi connectivity index (χ2n) is 2.26. The summed E-state index contributed by atoms with van der Waals surface area (Å²) in [6, 6.07) is 0. The molecule has 0 N–H and O–H groups in total. The summed E-state index contributed by atoms with van der Waals surface area (Å²) in [5.41, 5.74) is -0.635. The molecule has 62 valence electrons. The maximum absolute atomic E-state index is 11.2. The minimum Gasteiger partial charge on any atom is -0.359 e. The van der Waals surface area contributed by atoms with Crippen LogP contribution in [-0.4, -0.2) is 14.7 Å². The van der Waals surface area contributed by atoms with Crippen LogP contribution in [0.5, 0.6) is 0 Å². The smallest absolute Gasteiger partial charge is 0.347 e. The lowest BCUT2D eigenvalue weighted by molar-refractivity contribution is -0.782. The van der Waals surface area contributed by atoms with Gasteiger partial charge in [0, 0.05) is 7.05 Å². The molecule has 12 heavy (non-hydrogen) atoms. The van der Waals surface area contributed by atoms with Gasteiger partial charge >= 0.3 is 16.7 Å². The molecule has 7 heteroatoms. The Morgan fingerprint density at radius 1 is 1.75 bits per heavy atom. The van der Waals surface area contributed by atoms with Crippen LogP contribution < -0.4 is 10.5 Å². The Hall–Kier alpha value is -1.92. The summed E-state index contributed by atoms with van der Waals surface area (Å²) in [4.78, 5) is 15.0. The highest BCUT2D eigenvalue weighted by Crippen LogP contribution is 1.93. The number of hydrogen-bond acceptors (Lipinski definition) is 5. The highest BCUT2D eigenvalue weighted by molar-refractivity contribution is 5.62. The van der Waals surface area contributed by atoms with Gasteiger partial charge in [-0.1, -0.05) is 0 Å². The maximum Gasteiger partial charge on any atom is 0.347 e. The highest BCUT2D eigenvalue weighted by atomic mass is 16.8. The van der Waals surface area contributed by atoms with E-state index in [9.17, 15) is 10.0 Å². The van der Waals surface area contributed by atoms with Gasteiger partial charge in [0.05, 0.1) is 5.16 Å². The summed E-state index contributed by atoms with van der Waals surface area (Å²) in [7, 11) is 1.49. The van der Waals surface area contributed by atoms with Crippen LogP contribution in [0.2, 0.25) is 0 Å². The van der Waals surface area contributed by atoms with Gasteiger partial charge in [0.25, 0.3) is 0 Å². The maximum atomic E-state index is 11.2. The largest absolute Gasteiger partial charge is 0.359 e. The van der Waals surface area contributed by atoms with E-state index in [1.54, 1.807) is 0 Å². The molecule has 2 aromatic rings. The average molecular weight is 168 g/mol. The van der Waals surface area contributed by atoms with Crippen molar-refractivity contribution >= 4 is 11.2 Å². The zero-order chi connectivity index (χ0) is 8.72. The topological polar surface area (TPSA) is 87.9 Å². The molecule has 0 atom stereocenters. The molecule has 0 radical (unpaired) electrons. The Kier molecular flexibility index (Phi) is 1.15. The van der Waals surface area contributed by atoms with E-state index in [0.29, 0.717) is 0 Å². The Morgan fingerprint density at radius 3 is 3.25 bits per heavy atom. The van der Waals surface area contributed by atoms with Gasteiger partial charge in [0.1, 0.15) is 6.33 Å². The molecule has 0 spiro atoms. The van der Waals surface area contributed by atoms with Crippen LogP contribution in [0.15, 0.2) is 15.8 Å². The molecule has 0 aliphatic heterocycles. The van der Waals surface area contributed by atoms with Gasteiger partial charge < -0.3 is 5.21 Å². The third kappa shape index (κ3) is 0.698. The van der Waals surface area contributed by atoms with Crippen molar-refractivity contribution in [3.63, 3.8) is 0 Å². The molecule has 0 bridgehead atoms. The first-order valence-corrected chi connectivity index (χ1v) is 3.11. The fourth-order valence-corrected chi connectivity index (χ4v) is 0.861. The summed E-state index contributed by atoms with van der Waals surface area (Å²) in [5.74, 6) is 0. The lowest BCUT2D eigenvalue weighted by Crippen LogP contribution is -2.31. The third-order valence-corrected chi connectivity index (χ3v) is 1.47. The molecule has 2 rings (SSSR count). The highest BCUT2D eigenvalue weighted by Gasteiger charge is 2.15. The number of nitrogens with zero attached hydrogens (tertiary/aromatic N) is 4. The molecule has 0 unspecified atom stereocenters. The first kappa shape index (κ1) is 6.77. The molecule has 0 fully saturated rings. The van der Waals surface area contributed by atoms with Gasteiger partial charge in [-0.15, -0.1) is 0 Å². The molecule has 0 saturated heterocycles. The van der Waals surface area contributed by atoms with Gasteiger partial charge in [-0.25, -0.2) is 0 Å². The summed E-state index contributed by atoms with van der Waals surface area (Å²) >= 11 is 0. The minimum absolute atomic E-state index is 0.0214. The Morgan fingerprint density at radius 2 is 2.50 bits per heavy atom. The van der Waals surface area contributed by atoms with Gasteiger partial charge in [-0.2, -0.15) is 4.98 Å². The molecule has 7 nitrogen and oxygen atoms in total. The van der Waals surface area contributed by atoms with Crippen LogP contribution in [0.4, 0.5) is 0 Å². The van der Waals surface area contributed by atoms with Crippen LogP contribution in [0.3, 0.4) is 0 Å². The van der Waals surface area contributed by atoms with Crippen molar-refractivity contribution in [3.8, 4) is 0 Å². The lowest BCUT2D eigenvalue weighted by atomic mass is 10.5. The molecule has 0 saturated carbocycles. The number of rotatable bonds is 0. The van der Waals surface area contributed by atoms with E-state index in [4.69, 9.17) is 0 Å². The van der Waals surface area contributed by atoms with E-state index in [0.717, 1.165) is 0 Å². The molecule has 0 amide bonds. The fourth-order valence-electron chi connectivity index (χ4n) is 0.861. The number of hydrogen-bond donors (Lipinski definition) is 0. The molecule has 0 aliphatic rings. The van der Waals surface area contributed by atoms with E-state index in [-0.39, 0.29) is 16.1 Å². The molecule has 0 aliphatic carbocycles. The van der Waals surface area contributed by atoms with Crippen LogP contribution in [0.25, 0.3) is 11.2 Å². The van der Waals surface area contributed by atoms with Crippen molar-refractivity contribution in [3.05, 3.63) is 21.9 Å². The Bertz CT molecular complexity index is 485. The summed E-state index contributed by atoms with van der Waals surface area (Å²) in [6.07, 6.45) is 1.27. The van der Waals surface area contributed by atoms with Gasteiger partial charge in [0.15, 0.2) is 0 Å². The van der Waals surface area contributed by atoms with E-state index in [2.05, 4.69) is 14.8 Å². The van der Waals surface area contributed by atoms with Crippen molar-refractivity contribution in [2.24, 2.45) is 7.05 Å². The van der Waals surface area contributed by atoms with E-state index >= 15 is 0 Å². The number of fused-ring (bicyclic) bond motifs is 1. The second kappa shape index (κ2) is 2.03. The van der Waals surface area contributed by atoms with Crippen LogP contribution in [-0.2, 0) is 7.05 Å². The van der Waals surface area contributed by atoms with E-state index in [1.165, 1.54) is 17.9 Å². The van der Waals surface area contributed by atoms with Crippen molar-refractivity contribution in [1.82, 2.24) is 14.7 Å². The fraction of sp³-hybridized carbons (Fsp3) is 0.200. The second-order valence-corrected chi connectivity index (χ2v) is 2.26. The van der Waals surface area contributed by atoms with Crippen molar-refractivity contribution < 1.29 is 9.53 Å². The predicted molar refractivity (Wildman–Crippen MR) is 36.0 cm³/mol. The molecule has 2 heterocycles. The first-order chi connectivity index (χ1) is 5.70. The standard InChI is InChI=1S/C5H4N4O3/c1-8-2-6-4-3(5(8)10)9(11)12-7-4/h2H,1H3. The van der Waals surface area contributed by atoms with Crippen LogP contribution in [0.1, 0.15) is 0 Å². The zero-order valence-electron chi connectivity index (χ0n) is 6.09. The third-order valence-electron chi connectivity index (χ3n) is 1.47. The summed E-state index contributed by atoms with van der Waals surface area (Å²) < 4.78 is 5.36. The van der Waals surface area contributed by atoms with Crippen molar-refractivity contribution in [2.45, 2.75) is 0 Å². The Balaban J connectivity index is 3.06. The minimum atomic E-state index is -0.476. The molecule has 0 aromatic carbocycles. The number of aryl methyl sites for hydroxylation is 1. The monoisotopic (exact) mass is 168 g/mol. The summed E-state index contributed by atoms with van der Waals surface area (Å²) in [5, 5.41) is 14.1. The molecular formula is C5H4N4O3. The van der Waals surface area contributed by atoms with Gasteiger partial charge in [0.2, 0.25) is 0 Å². The van der Waals surface area contributed by atoms with Crippen LogP contribution in [0, 0.1) is 5.21 Å². The summed E-state index contributed by atoms with van der Waals surface area (Å²) in [6.45, 7) is 0. The lowest BCUT2D eigenvalue weighted by Gasteiger charge is -1.90. The molecule has 2 aromatic heterocycles. The average Bonchev–Trinajstić information content (AvgIpc) is 2.41. The molecular weight excluding hydrogens is 164 g/mol. The van der Waals surface area contributed by atoms with Crippen LogP contribution >= 0.6 is 0 Å². The van der Waals surface area contributed by atoms with E-state index in [1.807, 2.05) is 0 Å². The quantitative estimate of drug-likeness (QED) is 0.449. The normalized spacial score (nSPS) is 10.8. The first-order valence-electron chi connectivity index (χ1n) is 3.11. The van der Waals surface area contributed by atoms with E-state index < -0.39 is 5.56 Å². The number of aromatic nitrogens is 4. The Labute approximate surface area is 65.4 Å². The van der Waals surface area contributed by atoms with Gasteiger partial charge in [-0.05, 0) is 4.90 Å². The predicted octanol–water partition coefficient (Wildman–Crippen LogP) is -1.45. The van der Waals surface area contributed by atoms with Crippen molar-refractivity contribution in [1.29, 1.82) is 0 Å². The van der Waals surface area contributed by atoms with Crippen molar-refractivity contribution in [2.75, 3.05) is 0 Å². The zero-order valence-corrected chi connectivity index (χ0v) is 6.09.